The molecule has 1 aliphatic carbocycles. The maximum absolute atomic E-state index is 4.86. The zero-order valence-corrected chi connectivity index (χ0v) is 13.4. The van der Waals surface area contributed by atoms with Gasteiger partial charge in [-0.1, -0.05) is 37.3 Å². The average molecular weight is 304 g/mol. The molecule has 0 aliphatic heterocycles. The van der Waals surface area contributed by atoms with Crippen LogP contribution in [-0.2, 0) is 12.3 Å². The number of rotatable bonds is 7. The van der Waals surface area contributed by atoms with E-state index in [0.29, 0.717) is 0 Å². The van der Waals surface area contributed by atoms with Crippen LogP contribution in [0.4, 0.5) is 0 Å². The highest BCUT2D eigenvalue weighted by Crippen LogP contribution is 2.32. The number of thiazole rings is 1. The number of benzene rings is 1. The predicted molar refractivity (Wildman–Crippen MR) is 89.2 cm³/mol. The van der Waals surface area contributed by atoms with E-state index in [2.05, 4.69) is 42.6 Å². The molecule has 0 bridgehead atoms. The molecule has 2 nitrogen and oxygen atoms in total. The molecule has 20 heavy (non-hydrogen) atoms. The summed E-state index contributed by atoms with van der Waals surface area (Å²) in [6.07, 6.45) is 2.65. The first kappa shape index (κ1) is 14.1. The van der Waals surface area contributed by atoms with Gasteiger partial charge in [-0.3, -0.25) is 0 Å². The minimum Gasteiger partial charge on any atom is -0.308 e. The summed E-state index contributed by atoms with van der Waals surface area (Å²) in [6, 6.07) is 11.4. The molecule has 0 saturated heterocycles. The highest BCUT2D eigenvalue weighted by atomic mass is 32.2. The molecule has 1 fully saturated rings. The van der Waals surface area contributed by atoms with Gasteiger partial charge in [0.1, 0.15) is 5.01 Å². The lowest BCUT2D eigenvalue weighted by atomic mass is 10.1. The van der Waals surface area contributed by atoms with Gasteiger partial charge >= 0.3 is 0 Å². The Morgan fingerprint density at radius 1 is 1.30 bits per heavy atom. The largest absolute Gasteiger partial charge is 0.308 e. The molecule has 1 aromatic carbocycles. The fraction of sp³-hybridized carbons (Fsp3) is 0.438. The summed E-state index contributed by atoms with van der Waals surface area (Å²) in [5, 5.41) is 4.84. The van der Waals surface area contributed by atoms with Crippen molar-refractivity contribution in [1.82, 2.24) is 10.3 Å². The number of thioether (sulfide) groups is 1. The number of hydrogen-bond donors (Lipinski definition) is 1. The van der Waals surface area contributed by atoms with Crippen LogP contribution in [-0.4, -0.2) is 16.8 Å². The normalized spacial score (nSPS) is 14.7. The van der Waals surface area contributed by atoms with Crippen molar-refractivity contribution in [2.45, 2.75) is 38.1 Å². The Kier molecular flexibility index (Phi) is 4.76. The molecule has 1 heterocycles. The van der Waals surface area contributed by atoms with Crippen LogP contribution in [0, 0.1) is 0 Å². The molecule has 1 aromatic heterocycles. The minimum absolute atomic E-state index is 0.730. The molecule has 0 amide bonds. The first-order valence-electron chi connectivity index (χ1n) is 7.22. The summed E-state index contributed by atoms with van der Waals surface area (Å²) in [6.45, 7) is 3.11. The molecular weight excluding hydrogens is 284 g/mol. The van der Waals surface area contributed by atoms with E-state index in [1.54, 1.807) is 0 Å². The van der Waals surface area contributed by atoms with Crippen LogP contribution in [0.25, 0.3) is 10.4 Å². The second-order valence-electron chi connectivity index (χ2n) is 5.04. The van der Waals surface area contributed by atoms with Crippen molar-refractivity contribution in [3.05, 3.63) is 41.0 Å². The third-order valence-electron chi connectivity index (χ3n) is 3.34. The third kappa shape index (κ3) is 3.62. The smallest absolute Gasteiger partial charge is 0.103 e. The Hall–Kier alpha value is -0.840. The van der Waals surface area contributed by atoms with Gasteiger partial charge in [0, 0.05) is 18.3 Å². The lowest BCUT2D eigenvalue weighted by Gasteiger charge is -2.03. The van der Waals surface area contributed by atoms with Crippen molar-refractivity contribution < 1.29 is 0 Å². The summed E-state index contributed by atoms with van der Waals surface area (Å²) in [7, 11) is 0. The number of nitrogens with zero attached hydrogens (tertiary/aromatic N) is 1. The third-order valence-corrected chi connectivity index (χ3v) is 5.56. The van der Waals surface area contributed by atoms with Crippen molar-refractivity contribution in [2.24, 2.45) is 0 Å². The first-order chi connectivity index (χ1) is 9.86. The SMILES string of the molecule is CCSCc1nc(CNC2CC2)c(-c2ccccc2)s1. The van der Waals surface area contributed by atoms with E-state index in [9.17, 15) is 0 Å². The molecule has 0 spiro atoms. The van der Waals surface area contributed by atoms with Gasteiger partial charge in [-0.25, -0.2) is 4.98 Å². The van der Waals surface area contributed by atoms with Crippen molar-refractivity contribution in [1.29, 1.82) is 0 Å². The summed E-state index contributed by atoms with van der Waals surface area (Å²) < 4.78 is 0. The summed E-state index contributed by atoms with van der Waals surface area (Å²) in [5.41, 5.74) is 2.52. The summed E-state index contributed by atoms with van der Waals surface area (Å²) >= 11 is 3.80. The highest BCUT2D eigenvalue weighted by molar-refractivity contribution is 7.98. The molecule has 2 aromatic rings. The van der Waals surface area contributed by atoms with E-state index in [1.807, 2.05) is 23.1 Å². The quantitative estimate of drug-likeness (QED) is 0.825. The van der Waals surface area contributed by atoms with E-state index >= 15 is 0 Å². The molecule has 4 heteroatoms. The van der Waals surface area contributed by atoms with Crippen LogP contribution in [0.15, 0.2) is 30.3 Å². The van der Waals surface area contributed by atoms with Gasteiger partial charge < -0.3 is 5.32 Å². The van der Waals surface area contributed by atoms with Crippen molar-refractivity contribution in [3.8, 4) is 10.4 Å². The van der Waals surface area contributed by atoms with E-state index in [-0.39, 0.29) is 0 Å². The summed E-state index contributed by atoms with van der Waals surface area (Å²) in [4.78, 5) is 6.20. The van der Waals surface area contributed by atoms with Gasteiger partial charge in [0.05, 0.1) is 10.6 Å². The van der Waals surface area contributed by atoms with E-state index in [4.69, 9.17) is 4.98 Å². The van der Waals surface area contributed by atoms with E-state index in [0.717, 1.165) is 24.1 Å². The van der Waals surface area contributed by atoms with Crippen molar-refractivity contribution in [2.75, 3.05) is 5.75 Å². The molecular formula is C16H20N2S2. The fourth-order valence-electron chi connectivity index (χ4n) is 2.12. The summed E-state index contributed by atoms with van der Waals surface area (Å²) in [5.74, 6) is 2.18. The van der Waals surface area contributed by atoms with Crippen LogP contribution in [0.5, 0.6) is 0 Å². The van der Waals surface area contributed by atoms with Gasteiger partial charge in [-0.15, -0.1) is 11.3 Å². The zero-order chi connectivity index (χ0) is 13.8. The zero-order valence-electron chi connectivity index (χ0n) is 11.8. The van der Waals surface area contributed by atoms with Crippen LogP contribution in [0.2, 0.25) is 0 Å². The Morgan fingerprint density at radius 3 is 2.80 bits per heavy atom. The highest BCUT2D eigenvalue weighted by Gasteiger charge is 2.22. The van der Waals surface area contributed by atoms with Gasteiger partial charge in [0.25, 0.3) is 0 Å². The van der Waals surface area contributed by atoms with Crippen LogP contribution in [0.3, 0.4) is 0 Å². The first-order valence-corrected chi connectivity index (χ1v) is 9.19. The van der Waals surface area contributed by atoms with Gasteiger partial charge in [0.15, 0.2) is 0 Å². The topological polar surface area (TPSA) is 24.9 Å². The van der Waals surface area contributed by atoms with Crippen LogP contribution < -0.4 is 5.32 Å². The maximum atomic E-state index is 4.86. The van der Waals surface area contributed by atoms with E-state index < -0.39 is 0 Å². The monoisotopic (exact) mass is 304 g/mol. The fourth-order valence-corrected chi connectivity index (χ4v) is 3.93. The van der Waals surface area contributed by atoms with Gasteiger partial charge in [-0.05, 0) is 24.2 Å². The van der Waals surface area contributed by atoms with Gasteiger partial charge in [0.2, 0.25) is 0 Å². The Balaban J connectivity index is 1.82. The van der Waals surface area contributed by atoms with Crippen LogP contribution in [0.1, 0.15) is 30.5 Å². The number of nitrogens with one attached hydrogen (secondary N) is 1. The predicted octanol–water partition coefficient (Wildman–Crippen LogP) is 4.32. The Labute approximate surface area is 129 Å². The van der Waals surface area contributed by atoms with Gasteiger partial charge in [-0.2, -0.15) is 11.8 Å². The van der Waals surface area contributed by atoms with Crippen LogP contribution >= 0.6 is 23.1 Å². The molecule has 3 rings (SSSR count). The molecule has 0 radical (unpaired) electrons. The second kappa shape index (κ2) is 6.74. The van der Waals surface area contributed by atoms with Crippen molar-refractivity contribution >= 4 is 23.1 Å². The molecule has 0 atom stereocenters. The average Bonchev–Trinajstić information content (AvgIpc) is 3.23. The standard InChI is InChI=1S/C16H20N2S2/c1-2-19-11-15-18-14(10-17-13-8-9-13)16(20-15)12-6-4-3-5-7-12/h3-7,13,17H,2,8-11H2,1H3. The molecule has 106 valence electrons. The molecule has 1 saturated carbocycles. The lowest BCUT2D eigenvalue weighted by molar-refractivity contribution is 0.677. The minimum atomic E-state index is 0.730. The number of aromatic nitrogens is 1. The Morgan fingerprint density at radius 2 is 2.10 bits per heavy atom. The van der Waals surface area contributed by atoms with Crippen molar-refractivity contribution in [3.63, 3.8) is 0 Å². The second-order valence-corrected chi connectivity index (χ2v) is 7.40. The maximum Gasteiger partial charge on any atom is 0.103 e. The molecule has 1 aliphatic rings. The molecule has 1 N–H and O–H groups in total. The van der Waals surface area contributed by atoms with E-state index in [1.165, 1.54) is 34.0 Å². The lowest BCUT2D eigenvalue weighted by Crippen LogP contribution is -2.16. The molecule has 0 unspecified atom stereocenters. The Bertz CT molecular complexity index is 547. The number of hydrogen-bond acceptors (Lipinski definition) is 4.